The van der Waals surface area contributed by atoms with Crippen molar-refractivity contribution in [2.24, 2.45) is 4.99 Å². The van der Waals surface area contributed by atoms with E-state index in [9.17, 15) is 13.2 Å². The molecule has 0 spiro atoms. The maximum absolute atomic E-state index is 13.0. The third-order valence-electron chi connectivity index (χ3n) is 3.14. The summed E-state index contributed by atoms with van der Waals surface area (Å²) < 4.78 is 38.9. The van der Waals surface area contributed by atoms with Crippen LogP contribution < -0.4 is 0 Å². The van der Waals surface area contributed by atoms with Gasteiger partial charge in [-0.3, -0.25) is 9.98 Å². The lowest BCUT2D eigenvalue weighted by Crippen LogP contribution is -2.07. The van der Waals surface area contributed by atoms with Crippen LogP contribution in [0, 0.1) is 0 Å². The van der Waals surface area contributed by atoms with Crippen LogP contribution in [0.3, 0.4) is 0 Å². The molecule has 0 saturated heterocycles. The molecule has 20 heavy (non-hydrogen) atoms. The standard InChI is InChI=1S/C14H8ClF3N2/c15-13-7-19-2-1-10(13)11-4-9(14(16,17)18)3-8-5-20-6-12(8)11/h1-4,6-7H,5H2. The zero-order valence-corrected chi connectivity index (χ0v) is 10.8. The molecule has 2 aromatic rings. The minimum Gasteiger partial charge on any atom is -0.288 e. The first-order valence-corrected chi connectivity index (χ1v) is 6.18. The zero-order valence-electron chi connectivity index (χ0n) is 10.1. The highest BCUT2D eigenvalue weighted by Gasteiger charge is 2.32. The molecule has 3 rings (SSSR count). The Hall–Kier alpha value is -1.88. The normalized spacial score (nSPS) is 13.6. The van der Waals surface area contributed by atoms with E-state index in [-0.39, 0.29) is 6.54 Å². The molecule has 6 heteroatoms. The van der Waals surface area contributed by atoms with Crippen molar-refractivity contribution >= 4 is 17.8 Å². The van der Waals surface area contributed by atoms with Crippen molar-refractivity contribution in [3.8, 4) is 11.1 Å². The summed E-state index contributed by atoms with van der Waals surface area (Å²) in [4.78, 5) is 7.89. The van der Waals surface area contributed by atoms with Crippen molar-refractivity contribution in [3.63, 3.8) is 0 Å². The summed E-state index contributed by atoms with van der Waals surface area (Å²) in [6.45, 7) is 0.259. The molecule has 0 radical (unpaired) electrons. The van der Waals surface area contributed by atoms with Gasteiger partial charge in [-0.15, -0.1) is 0 Å². The van der Waals surface area contributed by atoms with E-state index in [1.165, 1.54) is 12.4 Å². The van der Waals surface area contributed by atoms with Crippen LogP contribution in [0.5, 0.6) is 0 Å². The van der Waals surface area contributed by atoms with Gasteiger partial charge in [-0.05, 0) is 29.3 Å². The molecule has 0 N–H and O–H groups in total. The number of fused-ring (bicyclic) bond motifs is 1. The van der Waals surface area contributed by atoms with E-state index in [0.717, 1.165) is 12.1 Å². The summed E-state index contributed by atoms with van der Waals surface area (Å²) in [5.41, 5.74) is 1.51. The predicted molar refractivity (Wildman–Crippen MR) is 71.0 cm³/mol. The number of aromatic nitrogens is 1. The van der Waals surface area contributed by atoms with Gasteiger partial charge in [-0.1, -0.05) is 11.6 Å². The lowest BCUT2D eigenvalue weighted by molar-refractivity contribution is -0.137. The number of halogens is 4. The summed E-state index contributed by atoms with van der Waals surface area (Å²) in [5.74, 6) is 0. The van der Waals surface area contributed by atoms with Crippen molar-refractivity contribution in [2.75, 3.05) is 0 Å². The second-order valence-corrected chi connectivity index (χ2v) is 4.83. The molecule has 0 fully saturated rings. The van der Waals surface area contributed by atoms with E-state index in [1.54, 1.807) is 12.3 Å². The number of aliphatic imine (C=N–C) groups is 1. The highest BCUT2D eigenvalue weighted by atomic mass is 35.5. The number of nitrogens with zero attached hydrogens (tertiary/aromatic N) is 2. The molecule has 1 aromatic heterocycles. The van der Waals surface area contributed by atoms with Crippen molar-refractivity contribution < 1.29 is 13.2 Å². The number of benzene rings is 1. The Kier molecular flexibility index (Phi) is 3.01. The largest absolute Gasteiger partial charge is 0.416 e. The molecule has 1 aliphatic heterocycles. The van der Waals surface area contributed by atoms with Gasteiger partial charge in [0, 0.05) is 29.7 Å². The summed E-state index contributed by atoms with van der Waals surface area (Å²) >= 11 is 6.04. The van der Waals surface area contributed by atoms with E-state index in [0.29, 0.717) is 27.3 Å². The second kappa shape index (κ2) is 4.59. The molecule has 0 bridgehead atoms. The Bertz CT molecular complexity index is 708. The summed E-state index contributed by atoms with van der Waals surface area (Å²) in [7, 11) is 0. The van der Waals surface area contributed by atoms with Crippen LogP contribution in [0.2, 0.25) is 5.02 Å². The van der Waals surface area contributed by atoms with Crippen LogP contribution in [0.4, 0.5) is 13.2 Å². The number of hydrogen-bond acceptors (Lipinski definition) is 2. The van der Waals surface area contributed by atoms with Crippen molar-refractivity contribution in [1.82, 2.24) is 4.98 Å². The van der Waals surface area contributed by atoms with E-state index >= 15 is 0 Å². The average molecular weight is 297 g/mol. The Morgan fingerprint density at radius 3 is 2.65 bits per heavy atom. The van der Waals surface area contributed by atoms with Gasteiger partial charge in [-0.25, -0.2) is 0 Å². The third kappa shape index (κ3) is 2.18. The molecule has 0 saturated carbocycles. The first kappa shape index (κ1) is 13.1. The fraction of sp³-hybridized carbons (Fsp3) is 0.143. The molecule has 2 nitrogen and oxygen atoms in total. The molecule has 102 valence electrons. The van der Waals surface area contributed by atoms with Gasteiger partial charge in [0.25, 0.3) is 0 Å². The molecule has 0 atom stereocenters. The fourth-order valence-electron chi connectivity index (χ4n) is 2.21. The van der Waals surface area contributed by atoms with Crippen molar-refractivity contribution in [2.45, 2.75) is 12.7 Å². The lowest BCUT2D eigenvalue weighted by Gasteiger charge is -2.14. The maximum Gasteiger partial charge on any atom is 0.416 e. The summed E-state index contributed by atoms with van der Waals surface area (Å²) in [5, 5.41) is 0.314. The van der Waals surface area contributed by atoms with Gasteiger partial charge >= 0.3 is 6.18 Å². The van der Waals surface area contributed by atoms with Crippen LogP contribution in [0.1, 0.15) is 16.7 Å². The molecule has 0 amide bonds. The van der Waals surface area contributed by atoms with Gasteiger partial charge in [0.15, 0.2) is 0 Å². The zero-order chi connectivity index (χ0) is 14.3. The Morgan fingerprint density at radius 1 is 1.15 bits per heavy atom. The van der Waals surface area contributed by atoms with Gasteiger partial charge in [-0.2, -0.15) is 13.2 Å². The molecule has 0 unspecified atom stereocenters. The number of hydrogen-bond donors (Lipinski definition) is 0. The van der Waals surface area contributed by atoms with Crippen molar-refractivity contribution in [1.29, 1.82) is 0 Å². The molecule has 0 aliphatic carbocycles. The topological polar surface area (TPSA) is 25.2 Å². The second-order valence-electron chi connectivity index (χ2n) is 4.42. The minimum absolute atomic E-state index is 0.259. The lowest BCUT2D eigenvalue weighted by atomic mass is 9.94. The molecule has 1 aliphatic rings. The molecule has 2 heterocycles. The SMILES string of the molecule is FC(F)(F)c1cc2c(c(-c3ccncc3Cl)c1)C=NC2. The van der Waals surface area contributed by atoms with E-state index in [2.05, 4.69) is 9.98 Å². The average Bonchev–Trinajstić information content (AvgIpc) is 2.85. The van der Waals surface area contributed by atoms with Gasteiger partial charge in [0.05, 0.1) is 17.1 Å². The molecular weight excluding hydrogens is 289 g/mol. The maximum atomic E-state index is 13.0. The van der Waals surface area contributed by atoms with Crippen LogP contribution in [0.15, 0.2) is 35.6 Å². The third-order valence-corrected chi connectivity index (χ3v) is 3.44. The highest BCUT2D eigenvalue weighted by Crippen LogP contribution is 2.38. The van der Waals surface area contributed by atoms with Crippen LogP contribution in [-0.4, -0.2) is 11.2 Å². The van der Waals surface area contributed by atoms with Crippen LogP contribution >= 0.6 is 11.6 Å². The monoisotopic (exact) mass is 296 g/mol. The fourth-order valence-corrected chi connectivity index (χ4v) is 2.43. The first-order valence-electron chi connectivity index (χ1n) is 5.80. The van der Waals surface area contributed by atoms with Crippen molar-refractivity contribution in [3.05, 3.63) is 52.3 Å². The Labute approximate surface area is 117 Å². The number of alkyl halides is 3. The van der Waals surface area contributed by atoms with Crippen LogP contribution in [-0.2, 0) is 12.7 Å². The number of pyridine rings is 1. The Morgan fingerprint density at radius 2 is 1.95 bits per heavy atom. The summed E-state index contributed by atoms with van der Waals surface area (Å²) in [6, 6.07) is 3.85. The van der Waals surface area contributed by atoms with E-state index in [1.807, 2.05) is 0 Å². The quantitative estimate of drug-likeness (QED) is 0.768. The van der Waals surface area contributed by atoms with Gasteiger partial charge in [0.2, 0.25) is 0 Å². The number of rotatable bonds is 1. The Balaban J connectivity index is 2.27. The van der Waals surface area contributed by atoms with E-state index < -0.39 is 11.7 Å². The van der Waals surface area contributed by atoms with E-state index in [4.69, 9.17) is 11.6 Å². The van der Waals surface area contributed by atoms with Crippen LogP contribution in [0.25, 0.3) is 11.1 Å². The van der Waals surface area contributed by atoms with Gasteiger partial charge in [0.1, 0.15) is 0 Å². The smallest absolute Gasteiger partial charge is 0.288 e. The molecular formula is C14H8ClF3N2. The molecule has 1 aromatic carbocycles. The summed E-state index contributed by atoms with van der Waals surface area (Å²) in [6.07, 6.45) is 0.100. The predicted octanol–water partition coefficient (Wildman–Crippen LogP) is 4.35. The highest BCUT2D eigenvalue weighted by molar-refractivity contribution is 6.33. The van der Waals surface area contributed by atoms with Gasteiger partial charge < -0.3 is 0 Å². The minimum atomic E-state index is -4.40. The first-order chi connectivity index (χ1) is 9.47.